The first-order valence-corrected chi connectivity index (χ1v) is 7.16. The summed E-state index contributed by atoms with van der Waals surface area (Å²) in [4.78, 5) is 16.3. The van der Waals surface area contributed by atoms with Gasteiger partial charge in [0, 0.05) is 18.3 Å². The maximum Gasteiger partial charge on any atom is 0.176 e. The van der Waals surface area contributed by atoms with Crippen LogP contribution in [0.2, 0.25) is 0 Å². The van der Waals surface area contributed by atoms with E-state index in [1.54, 1.807) is 30.5 Å². The number of nitrogens with zero attached hydrogens (tertiary/aromatic N) is 1. The Balaban J connectivity index is 1.81. The lowest BCUT2D eigenvalue weighted by molar-refractivity contribution is 0.0990. The van der Waals surface area contributed by atoms with Crippen molar-refractivity contribution in [3.63, 3.8) is 0 Å². The highest BCUT2D eigenvalue weighted by Crippen LogP contribution is 2.13. The number of Topliss-reactive ketones (excluding diaryl/α,β-unsaturated/α-hetero) is 1. The lowest BCUT2D eigenvalue weighted by atomic mass is 10.1. The summed E-state index contributed by atoms with van der Waals surface area (Å²) in [6, 6.07) is 12.9. The molecule has 1 aromatic carbocycles. The third-order valence-electron chi connectivity index (χ3n) is 2.98. The minimum absolute atomic E-state index is 0.0439. The SMILES string of the molecule is C=C(C)COc1ccc(C(=O)CNCc2ccccn2)cc1. The summed E-state index contributed by atoms with van der Waals surface area (Å²) in [5.74, 6) is 0.781. The van der Waals surface area contributed by atoms with Crippen LogP contribution in [0.3, 0.4) is 0 Å². The Bertz CT molecular complexity index is 621. The topological polar surface area (TPSA) is 51.2 Å². The Kier molecular flexibility index (Phi) is 5.86. The molecule has 22 heavy (non-hydrogen) atoms. The van der Waals surface area contributed by atoms with Crippen molar-refractivity contribution in [2.45, 2.75) is 13.5 Å². The molecule has 2 rings (SSSR count). The molecule has 0 aliphatic carbocycles. The molecule has 0 fully saturated rings. The van der Waals surface area contributed by atoms with Crippen molar-refractivity contribution in [2.75, 3.05) is 13.2 Å². The fourth-order valence-corrected chi connectivity index (χ4v) is 1.85. The second kappa shape index (κ2) is 8.10. The van der Waals surface area contributed by atoms with Crippen molar-refractivity contribution in [2.24, 2.45) is 0 Å². The van der Waals surface area contributed by atoms with Crippen LogP contribution in [0.1, 0.15) is 23.0 Å². The quantitative estimate of drug-likeness (QED) is 0.601. The molecule has 2 aromatic rings. The molecule has 4 nitrogen and oxygen atoms in total. The Hall–Kier alpha value is -2.46. The van der Waals surface area contributed by atoms with E-state index < -0.39 is 0 Å². The zero-order chi connectivity index (χ0) is 15.8. The average Bonchev–Trinajstić information content (AvgIpc) is 2.54. The lowest BCUT2D eigenvalue weighted by Crippen LogP contribution is -2.23. The summed E-state index contributed by atoms with van der Waals surface area (Å²) in [5, 5.41) is 3.10. The first-order chi connectivity index (χ1) is 10.6. The van der Waals surface area contributed by atoms with E-state index >= 15 is 0 Å². The molecule has 4 heteroatoms. The van der Waals surface area contributed by atoms with Gasteiger partial charge in [-0.15, -0.1) is 0 Å². The molecular weight excluding hydrogens is 276 g/mol. The van der Waals surface area contributed by atoms with Gasteiger partial charge in [-0.05, 0) is 48.9 Å². The van der Waals surface area contributed by atoms with Crippen LogP contribution in [0, 0.1) is 0 Å². The van der Waals surface area contributed by atoms with Gasteiger partial charge in [-0.3, -0.25) is 9.78 Å². The Morgan fingerprint density at radius 3 is 2.64 bits per heavy atom. The van der Waals surface area contributed by atoms with E-state index in [2.05, 4.69) is 16.9 Å². The van der Waals surface area contributed by atoms with Gasteiger partial charge >= 0.3 is 0 Å². The number of benzene rings is 1. The van der Waals surface area contributed by atoms with Crippen LogP contribution in [0.4, 0.5) is 0 Å². The zero-order valence-electron chi connectivity index (χ0n) is 12.7. The highest BCUT2D eigenvalue weighted by molar-refractivity contribution is 5.97. The maximum atomic E-state index is 12.1. The number of carbonyl (C=O) groups is 1. The maximum absolute atomic E-state index is 12.1. The van der Waals surface area contributed by atoms with E-state index in [1.165, 1.54) is 0 Å². The van der Waals surface area contributed by atoms with E-state index in [9.17, 15) is 4.79 Å². The molecule has 1 aromatic heterocycles. The minimum atomic E-state index is 0.0439. The third kappa shape index (κ3) is 5.14. The Labute approximate surface area is 130 Å². The summed E-state index contributed by atoms with van der Waals surface area (Å²) in [6.07, 6.45) is 1.74. The van der Waals surface area contributed by atoms with Gasteiger partial charge in [0.1, 0.15) is 12.4 Å². The van der Waals surface area contributed by atoms with Crippen molar-refractivity contribution in [1.82, 2.24) is 10.3 Å². The largest absolute Gasteiger partial charge is 0.489 e. The highest BCUT2D eigenvalue weighted by atomic mass is 16.5. The summed E-state index contributed by atoms with van der Waals surface area (Å²) < 4.78 is 5.51. The van der Waals surface area contributed by atoms with E-state index in [0.717, 1.165) is 17.0 Å². The van der Waals surface area contributed by atoms with Crippen molar-refractivity contribution >= 4 is 5.78 Å². The minimum Gasteiger partial charge on any atom is -0.489 e. The molecule has 1 heterocycles. The van der Waals surface area contributed by atoms with Crippen molar-refractivity contribution in [1.29, 1.82) is 0 Å². The fourth-order valence-electron chi connectivity index (χ4n) is 1.85. The number of ether oxygens (including phenoxy) is 1. The summed E-state index contributed by atoms with van der Waals surface area (Å²) >= 11 is 0. The van der Waals surface area contributed by atoms with Crippen molar-refractivity contribution in [3.05, 3.63) is 72.1 Å². The van der Waals surface area contributed by atoms with Crippen LogP contribution < -0.4 is 10.1 Å². The summed E-state index contributed by atoms with van der Waals surface area (Å²) in [7, 11) is 0. The Morgan fingerprint density at radius 2 is 2.00 bits per heavy atom. The molecule has 0 atom stereocenters. The van der Waals surface area contributed by atoms with Gasteiger partial charge in [-0.25, -0.2) is 0 Å². The second-order valence-corrected chi connectivity index (χ2v) is 5.12. The average molecular weight is 296 g/mol. The van der Waals surface area contributed by atoms with Gasteiger partial charge in [0.2, 0.25) is 0 Å². The molecule has 0 bridgehead atoms. The first-order valence-electron chi connectivity index (χ1n) is 7.16. The van der Waals surface area contributed by atoms with E-state index in [4.69, 9.17) is 4.74 Å². The van der Waals surface area contributed by atoms with Crippen LogP contribution in [-0.4, -0.2) is 23.9 Å². The van der Waals surface area contributed by atoms with Gasteiger partial charge in [-0.2, -0.15) is 0 Å². The number of nitrogens with one attached hydrogen (secondary N) is 1. The Morgan fingerprint density at radius 1 is 1.23 bits per heavy atom. The molecule has 1 N–H and O–H groups in total. The first kappa shape index (κ1) is 15.9. The van der Waals surface area contributed by atoms with E-state index in [-0.39, 0.29) is 12.3 Å². The standard InChI is InChI=1S/C18H20N2O2/c1-14(2)13-22-17-8-6-15(7-9-17)18(21)12-19-11-16-5-3-4-10-20-16/h3-10,19H,1,11-13H2,2H3. The number of hydrogen-bond donors (Lipinski definition) is 1. The molecule has 0 radical (unpaired) electrons. The fraction of sp³-hybridized carbons (Fsp3) is 0.222. The van der Waals surface area contributed by atoms with Crippen LogP contribution >= 0.6 is 0 Å². The number of hydrogen-bond acceptors (Lipinski definition) is 4. The lowest BCUT2D eigenvalue weighted by Gasteiger charge is -2.07. The molecule has 114 valence electrons. The molecule has 0 saturated heterocycles. The number of aromatic nitrogens is 1. The van der Waals surface area contributed by atoms with E-state index in [0.29, 0.717) is 18.7 Å². The molecule has 0 unspecified atom stereocenters. The predicted octanol–water partition coefficient (Wildman–Crippen LogP) is 3.01. The molecule has 0 spiro atoms. The monoisotopic (exact) mass is 296 g/mol. The van der Waals surface area contributed by atoms with Gasteiger partial charge < -0.3 is 10.1 Å². The number of ketones is 1. The molecule has 0 amide bonds. The van der Waals surface area contributed by atoms with Crippen LogP contribution in [0.5, 0.6) is 5.75 Å². The zero-order valence-corrected chi connectivity index (χ0v) is 12.7. The second-order valence-electron chi connectivity index (χ2n) is 5.12. The summed E-state index contributed by atoms with van der Waals surface area (Å²) in [5.41, 5.74) is 2.54. The number of rotatable bonds is 8. The summed E-state index contributed by atoms with van der Waals surface area (Å²) in [6.45, 7) is 7.03. The van der Waals surface area contributed by atoms with Gasteiger partial charge in [0.05, 0.1) is 12.2 Å². The van der Waals surface area contributed by atoms with E-state index in [1.807, 2.05) is 25.1 Å². The van der Waals surface area contributed by atoms with Gasteiger partial charge in [0.15, 0.2) is 5.78 Å². The molecule has 0 saturated carbocycles. The van der Waals surface area contributed by atoms with Crippen LogP contribution in [-0.2, 0) is 6.54 Å². The number of carbonyl (C=O) groups excluding carboxylic acids is 1. The van der Waals surface area contributed by atoms with Crippen LogP contribution in [0.25, 0.3) is 0 Å². The van der Waals surface area contributed by atoms with Crippen molar-refractivity contribution in [3.8, 4) is 5.75 Å². The third-order valence-corrected chi connectivity index (χ3v) is 2.98. The highest BCUT2D eigenvalue weighted by Gasteiger charge is 2.06. The molecule has 0 aliphatic rings. The van der Waals surface area contributed by atoms with Gasteiger partial charge in [0.25, 0.3) is 0 Å². The normalized spacial score (nSPS) is 10.2. The molecular formula is C18H20N2O2. The smallest absolute Gasteiger partial charge is 0.176 e. The van der Waals surface area contributed by atoms with Gasteiger partial charge in [-0.1, -0.05) is 12.6 Å². The molecule has 0 aliphatic heterocycles. The van der Waals surface area contributed by atoms with Crippen molar-refractivity contribution < 1.29 is 9.53 Å². The predicted molar refractivity (Wildman–Crippen MR) is 87.0 cm³/mol. The number of pyridine rings is 1. The van der Waals surface area contributed by atoms with Crippen LogP contribution in [0.15, 0.2) is 60.8 Å².